The third-order valence-electron chi connectivity index (χ3n) is 2.49. The number of hydrogen-bond acceptors (Lipinski definition) is 4. The molecular weight excluding hydrogens is 184 g/mol. The van der Waals surface area contributed by atoms with Crippen LogP contribution in [0.5, 0.6) is 0 Å². The molecule has 2 N–H and O–H groups in total. The maximum Gasteiger partial charge on any atom is 0.242 e. The number of hydrogen-bond donors (Lipinski definition) is 2. The average molecular weight is 202 g/mol. The van der Waals surface area contributed by atoms with Gasteiger partial charge >= 0.3 is 0 Å². The number of methoxy groups -OCH3 is 1. The van der Waals surface area contributed by atoms with Gasteiger partial charge in [0.05, 0.1) is 13.2 Å². The largest absolute Gasteiger partial charge is 0.394 e. The SMILES string of the molecule is COCCN1C(=O)C(CO)NCC1C. The van der Waals surface area contributed by atoms with Crippen molar-refractivity contribution >= 4 is 5.91 Å². The molecule has 82 valence electrons. The third-order valence-corrected chi connectivity index (χ3v) is 2.49. The second-order valence-electron chi connectivity index (χ2n) is 3.52. The van der Waals surface area contributed by atoms with E-state index in [-0.39, 0.29) is 18.6 Å². The molecule has 0 spiro atoms. The summed E-state index contributed by atoms with van der Waals surface area (Å²) in [6.07, 6.45) is 0. The molecule has 2 atom stereocenters. The van der Waals surface area contributed by atoms with Crippen molar-refractivity contribution in [3.05, 3.63) is 0 Å². The van der Waals surface area contributed by atoms with E-state index in [9.17, 15) is 4.79 Å². The van der Waals surface area contributed by atoms with Gasteiger partial charge in [0, 0.05) is 26.2 Å². The van der Waals surface area contributed by atoms with Gasteiger partial charge in [-0.25, -0.2) is 0 Å². The zero-order chi connectivity index (χ0) is 10.6. The maximum absolute atomic E-state index is 11.7. The van der Waals surface area contributed by atoms with Crippen molar-refractivity contribution in [2.45, 2.75) is 19.0 Å². The summed E-state index contributed by atoms with van der Waals surface area (Å²) < 4.78 is 4.93. The summed E-state index contributed by atoms with van der Waals surface area (Å²) in [5.74, 6) is -0.0386. The van der Waals surface area contributed by atoms with Crippen LogP contribution >= 0.6 is 0 Å². The smallest absolute Gasteiger partial charge is 0.242 e. The van der Waals surface area contributed by atoms with E-state index in [0.29, 0.717) is 13.2 Å². The monoisotopic (exact) mass is 202 g/mol. The van der Waals surface area contributed by atoms with E-state index in [2.05, 4.69) is 5.32 Å². The number of nitrogens with one attached hydrogen (secondary N) is 1. The van der Waals surface area contributed by atoms with Crippen LogP contribution in [0.2, 0.25) is 0 Å². The van der Waals surface area contributed by atoms with Crippen molar-refractivity contribution in [2.75, 3.05) is 33.4 Å². The summed E-state index contributed by atoms with van der Waals surface area (Å²) in [6, 6.07) is -0.275. The molecule has 0 aromatic carbocycles. The van der Waals surface area contributed by atoms with Gasteiger partial charge in [0.2, 0.25) is 5.91 Å². The van der Waals surface area contributed by atoms with Crippen molar-refractivity contribution in [1.82, 2.24) is 10.2 Å². The maximum atomic E-state index is 11.7. The molecule has 14 heavy (non-hydrogen) atoms. The summed E-state index contributed by atoms with van der Waals surface area (Å²) in [7, 11) is 1.61. The first kappa shape index (κ1) is 11.4. The second kappa shape index (κ2) is 5.29. The Morgan fingerprint density at radius 1 is 1.71 bits per heavy atom. The highest BCUT2D eigenvalue weighted by atomic mass is 16.5. The minimum atomic E-state index is -0.442. The van der Waals surface area contributed by atoms with Crippen molar-refractivity contribution in [3.8, 4) is 0 Å². The Hall–Kier alpha value is -0.650. The van der Waals surface area contributed by atoms with Gasteiger partial charge in [-0.2, -0.15) is 0 Å². The first-order valence-electron chi connectivity index (χ1n) is 4.84. The predicted molar refractivity (Wildman–Crippen MR) is 51.9 cm³/mol. The van der Waals surface area contributed by atoms with Gasteiger partial charge in [-0.1, -0.05) is 0 Å². The molecule has 5 heteroatoms. The highest BCUT2D eigenvalue weighted by molar-refractivity contribution is 5.83. The van der Waals surface area contributed by atoms with E-state index in [1.54, 1.807) is 12.0 Å². The van der Waals surface area contributed by atoms with Gasteiger partial charge in [-0.3, -0.25) is 4.79 Å². The van der Waals surface area contributed by atoms with E-state index in [0.717, 1.165) is 6.54 Å². The molecule has 0 aromatic heterocycles. The zero-order valence-electron chi connectivity index (χ0n) is 8.69. The lowest BCUT2D eigenvalue weighted by Gasteiger charge is -2.37. The van der Waals surface area contributed by atoms with E-state index in [4.69, 9.17) is 9.84 Å². The molecule has 0 aromatic rings. The van der Waals surface area contributed by atoms with Crippen LogP contribution in [-0.4, -0.2) is 61.4 Å². The molecule has 1 heterocycles. The Balaban J connectivity index is 2.54. The quantitative estimate of drug-likeness (QED) is 0.602. The molecule has 1 amide bonds. The predicted octanol–water partition coefficient (Wildman–Crippen LogP) is -1.19. The summed E-state index contributed by atoms with van der Waals surface area (Å²) in [4.78, 5) is 13.5. The van der Waals surface area contributed by atoms with E-state index in [1.165, 1.54) is 0 Å². The molecule has 1 rings (SSSR count). The summed E-state index contributed by atoms with van der Waals surface area (Å²) in [5.41, 5.74) is 0. The number of ether oxygens (including phenoxy) is 1. The Bertz CT molecular complexity index is 198. The van der Waals surface area contributed by atoms with Crippen LogP contribution in [0.3, 0.4) is 0 Å². The van der Waals surface area contributed by atoms with E-state index in [1.807, 2.05) is 6.92 Å². The number of rotatable bonds is 4. The lowest BCUT2D eigenvalue weighted by Crippen LogP contribution is -2.61. The van der Waals surface area contributed by atoms with Crippen LogP contribution in [0.4, 0.5) is 0 Å². The lowest BCUT2D eigenvalue weighted by molar-refractivity contribution is -0.140. The van der Waals surface area contributed by atoms with Gasteiger partial charge < -0.3 is 20.1 Å². The minimum absolute atomic E-state index is 0.0386. The van der Waals surface area contributed by atoms with Crippen LogP contribution < -0.4 is 5.32 Å². The van der Waals surface area contributed by atoms with Gasteiger partial charge in [0.25, 0.3) is 0 Å². The average Bonchev–Trinajstić information content (AvgIpc) is 2.18. The number of piperazine rings is 1. The van der Waals surface area contributed by atoms with Crippen molar-refractivity contribution < 1.29 is 14.6 Å². The van der Waals surface area contributed by atoms with Crippen LogP contribution in [0, 0.1) is 0 Å². The molecule has 1 aliphatic heterocycles. The standard InChI is InChI=1S/C9H18N2O3/c1-7-5-10-8(6-12)9(13)11(7)3-4-14-2/h7-8,10,12H,3-6H2,1-2H3. The fourth-order valence-electron chi connectivity index (χ4n) is 1.59. The van der Waals surface area contributed by atoms with Gasteiger partial charge in [-0.05, 0) is 6.92 Å². The Labute approximate surface area is 84.0 Å². The van der Waals surface area contributed by atoms with Gasteiger partial charge in [0.15, 0.2) is 0 Å². The van der Waals surface area contributed by atoms with Crippen LogP contribution in [0.15, 0.2) is 0 Å². The number of amides is 1. The molecule has 0 radical (unpaired) electrons. The molecule has 0 bridgehead atoms. The molecular formula is C9H18N2O3. The minimum Gasteiger partial charge on any atom is -0.394 e. The molecule has 1 saturated heterocycles. The summed E-state index contributed by atoms with van der Waals surface area (Å²) in [6.45, 7) is 3.69. The van der Waals surface area contributed by atoms with E-state index >= 15 is 0 Å². The zero-order valence-corrected chi connectivity index (χ0v) is 8.69. The third kappa shape index (κ3) is 2.43. The van der Waals surface area contributed by atoms with Crippen molar-refractivity contribution in [3.63, 3.8) is 0 Å². The highest BCUT2D eigenvalue weighted by Crippen LogP contribution is 2.07. The molecule has 1 fully saturated rings. The molecule has 0 saturated carbocycles. The molecule has 2 unspecified atom stereocenters. The Kier molecular flexibility index (Phi) is 4.31. The first-order valence-corrected chi connectivity index (χ1v) is 4.84. The molecule has 0 aliphatic carbocycles. The fourth-order valence-corrected chi connectivity index (χ4v) is 1.59. The molecule has 5 nitrogen and oxygen atoms in total. The van der Waals surface area contributed by atoms with Crippen LogP contribution in [0.25, 0.3) is 0 Å². The Morgan fingerprint density at radius 2 is 2.43 bits per heavy atom. The van der Waals surface area contributed by atoms with Crippen molar-refractivity contribution in [1.29, 1.82) is 0 Å². The lowest BCUT2D eigenvalue weighted by atomic mass is 10.1. The second-order valence-corrected chi connectivity index (χ2v) is 3.52. The number of nitrogens with zero attached hydrogens (tertiary/aromatic N) is 1. The fraction of sp³-hybridized carbons (Fsp3) is 0.889. The van der Waals surface area contributed by atoms with Gasteiger partial charge in [0.1, 0.15) is 6.04 Å². The van der Waals surface area contributed by atoms with E-state index < -0.39 is 6.04 Å². The topological polar surface area (TPSA) is 61.8 Å². The number of carbonyl (C=O) groups is 1. The summed E-state index contributed by atoms with van der Waals surface area (Å²) in [5, 5.41) is 11.9. The normalized spacial score (nSPS) is 28.2. The van der Waals surface area contributed by atoms with Crippen LogP contribution in [0.1, 0.15) is 6.92 Å². The number of carbonyl (C=O) groups excluding carboxylic acids is 1. The molecule has 1 aliphatic rings. The number of aliphatic hydroxyl groups is 1. The summed E-state index contributed by atoms with van der Waals surface area (Å²) >= 11 is 0. The first-order chi connectivity index (χ1) is 6.70. The Morgan fingerprint density at radius 3 is 3.00 bits per heavy atom. The number of aliphatic hydroxyl groups excluding tert-OH is 1. The highest BCUT2D eigenvalue weighted by Gasteiger charge is 2.31. The van der Waals surface area contributed by atoms with Crippen LogP contribution in [-0.2, 0) is 9.53 Å². The van der Waals surface area contributed by atoms with Crippen molar-refractivity contribution in [2.24, 2.45) is 0 Å². The van der Waals surface area contributed by atoms with Gasteiger partial charge in [-0.15, -0.1) is 0 Å².